The highest BCUT2D eigenvalue weighted by Gasteiger charge is 2.44. The number of carbonyl (C=O) groups is 2. The lowest BCUT2D eigenvalue weighted by atomic mass is 9.92. The minimum absolute atomic E-state index is 0.0195. The Morgan fingerprint density at radius 2 is 2.12 bits per heavy atom. The summed E-state index contributed by atoms with van der Waals surface area (Å²) in [6.45, 7) is 2.84. The van der Waals surface area contributed by atoms with Crippen LogP contribution in [0.1, 0.15) is 30.5 Å². The Morgan fingerprint density at radius 1 is 1.32 bits per heavy atom. The number of nitrogens with zero attached hydrogens (tertiary/aromatic N) is 2. The molecule has 25 heavy (non-hydrogen) atoms. The van der Waals surface area contributed by atoms with Crippen LogP contribution in [0.2, 0.25) is 5.02 Å². The van der Waals surface area contributed by atoms with E-state index in [1.165, 1.54) is 0 Å². The van der Waals surface area contributed by atoms with Gasteiger partial charge in [-0.3, -0.25) is 14.6 Å². The summed E-state index contributed by atoms with van der Waals surface area (Å²) < 4.78 is 0. The number of benzene rings is 1. The molecule has 1 aliphatic rings. The van der Waals surface area contributed by atoms with Crippen molar-refractivity contribution in [3.05, 3.63) is 64.9 Å². The summed E-state index contributed by atoms with van der Waals surface area (Å²) in [7, 11) is 0. The number of pyridine rings is 1. The molecule has 1 aliphatic heterocycles. The number of carbonyl (C=O) groups excluding carboxylic acids is 2. The molecular weight excluding hydrogens is 338 g/mol. The first-order chi connectivity index (χ1) is 12.1. The lowest BCUT2D eigenvalue weighted by Gasteiger charge is -2.28. The second-order valence-corrected chi connectivity index (χ2v) is 6.44. The Balaban J connectivity index is 1.81. The van der Waals surface area contributed by atoms with Crippen LogP contribution in [0.25, 0.3) is 0 Å². The van der Waals surface area contributed by atoms with Gasteiger partial charge in [-0.25, -0.2) is 0 Å². The molecule has 1 aromatic carbocycles. The number of nitrogens with one attached hydrogen (secondary N) is 1. The van der Waals surface area contributed by atoms with E-state index in [1.807, 2.05) is 37.3 Å². The molecule has 130 valence electrons. The average Bonchev–Trinajstić information content (AvgIpc) is 2.97. The fraction of sp³-hybridized carbons (Fsp3) is 0.316. The van der Waals surface area contributed by atoms with Crippen LogP contribution in [0.4, 0.5) is 0 Å². The molecule has 0 radical (unpaired) electrons. The smallest absolute Gasteiger partial charge is 0.226 e. The first-order valence-electron chi connectivity index (χ1n) is 8.32. The van der Waals surface area contributed by atoms with Crippen molar-refractivity contribution >= 4 is 23.4 Å². The Bertz CT molecular complexity index is 766. The maximum Gasteiger partial charge on any atom is 0.226 e. The van der Waals surface area contributed by atoms with Gasteiger partial charge in [0, 0.05) is 36.9 Å². The topological polar surface area (TPSA) is 62.3 Å². The third kappa shape index (κ3) is 3.66. The fourth-order valence-electron chi connectivity index (χ4n) is 3.32. The van der Waals surface area contributed by atoms with E-state index in [9.17, 15) is 9.59 Å². The highest BCUT2D eigenvalue weighted by atomic mass is 35.5. The molecule has 0 saturated carbocycles. The van der Waals surface area contributed by atoms with Gasteiger partial charge in [0.1, 0.15) is 0 Å². The number of aromatic nitrogens is 1. The van der Waals surface area contributed by atoms with E-state index in [0.717, 1.165) is 11.1 Å². The van der Waals surface area contributed by atoms with Crippen molar-refractivity contribution in [3.8, 4) is 0 Å². The van der Waals surface area contributed by atoms with Crippen molar-refractivity contribution in [3.63, 3.8) is 0 Å². The molecule has 3 rings (SSSR count). The molecule has 1 N–H and O–H groups in total. The summed E-state index contributed by atoms with van der Waals surface area (Å²) in [5.74, 6) is -0.615. The fourth-order valence-corrected chi connectivity index (χ4v) is 3.57. The summed E-state index contributed by atoms with van der Waals surface area (Å²) in [6, 6.07) is 10.8. The number of likely N-dealkylation sites (tertiary alicyclic amines) is 1. The van der Waals surface area contributed by atoms with Crippen LogP contribution in [0.5, 0.6) is 0 Å². The molecule has 2 atom stereocenters. The van der Waals surface area contributed by atoms with Gasteiger partial charge >= 0.3 is 0 Å². The van der Waals surface area contributed by atoms with Gasteiger partial charge in [-0.1, -0.05) is 35.9 Å². The number of amides is 2. The van der Waals surface area contributed by atoms with E-state index in [1.54, 1.807) is 23.4 Å². The van der Waals surface area contributed by atoms with E-state index in [-0.39, 0.29) is 24.3 Å². The molecule has 0 aliphatic carbocycles. The first kappa shape index (κ1) is 17.4. The highest BCUT2D eigenvalue weighted by molar-refractivity contribution is 6.31. The second-order valence-electron chi connectivity index (χ2n) is 6.04. The zero-order valence-electron chi connectivity index (χ0n) is 14.0. The summed E-state index contributed by atoms with van der Waals surface area (Å²) in [6.07, 6.45) is 3.60. The summed E-state index contributed by atoms with van der Waals surface area (Å²) >= 11 is 6.34. The molecule has 1 saturated heterocycles. The van der Waals surface area contributed by atoms with E-state index < -0.39 is 5.92 Å². The summed E-state index contributed by atoms with van der Waals surface area (Å²) in [5.41, 5.74) is 1.74. The monoisotopic (exact) mass is 357 g/mol. The number of hydrogen-bond acceptors (Lipinski definition) is 3. The minimum Gasteiger partial charge on any atom is -0.352 e. The first-order valence-corrected chi connectivity index (χ1v) is 8.70. The van der Waals surface area contributed by atoms with E-state index >= 15 is 0 Å². The quantitative estimate of drug-likeness (QED) is 0.894. The third-order valence-electron chi connectivity index (χ3n) is 4.52. The number of halogens is 1. The molecule has 2 heterocycles. The summed E-state index contributed by atoms with van der Waals surface area (Å²) in [5, 5.41) is 3.50. The van der Waals surface area contributed by atoms with Crippen LogP contribution in [0.3, 0.4) is 0 Å². The van der Waals surface area contributed by atoms with Crippen LogP contribution < -0.4 is 5.32 Å². The van der Waals surface area contributed by atoms with Crippen molar-refractivity contribution in [1.82, 2.24) is 15.2 Å². The van der Waals surface area contributed by atoms with Crippen molar-refractivity contribution in [2.24, 2.45) is 5.92 Å². The van der Waals surface area contributed by atoms with Gasteiger partial charge in [-0.2, -0.15) is 0 Å². The van der Waals surface area contributed by atoms with E-state index in [2.05, 4.69) is 10.3 Å². The molecular formula is C19H20ClN3O2. The zero-order valence-corrected chi connectivity index (χ0v) is 14.7. The second kappa shape index (κ2) is 7.66. The SMILES string of the molecule is CCN1C(=O)C[C@@H](C(=O)NCc2cccnc2)[C@@H]1c1ccccc1Cl. The molecule has 0 unspecified atom stereocenters. The Kier molecular flexibility index (Phi) is 5.34. The largest absolute Gasteiger partial charge is 0.352 e. The normalized spacial score (nSPS) is 19.9. The van der Waals surface area contributed by atoms with Gasteiger partial charge in [0.2, 0.25) is 11.8 Å². The molecule has 2 aromatic rings. The molecule has 2 amide bonds. The molecule has 1 fully saturated rings. The Labute approximate surface area is 152 Å². The lowest BCUT2D eigenvalue weighted by Crippen LogP contribution is -2.35. The van der Waals surface area contributed by atoms with Gasteiger partial charge in [-0.15, -0.1) is 0 Å². The molecule has 5 nitrogen and oxygen atoms in total. The van der Waals surface area contributed by atoms with Crippen molar-refractivity contribution < 1.29 is 9.59 Å². The standard InChI is InChI=1S/C19H20ClN3O2/c1-2-23-17(24)10-15(18(23)14-7-3-4-8-16(14)20)19(25)22-12-13-6-5-9-21-11-13/h3-9,11,15,18H,2,10,12H2,1H3,(H,22,25)/t15-,18+/m1/s1. The Morgan fingerprint density at radius 3 is 2.80 bits per heavy atom. The van der Waals surface area contributed by atoms with E-state index in [4.69, 9.17) is 11.6 Å². The highest BCUT2D eigenvalue weighted by Crippen LogP contribution is 2.40. The van der Waals surface area contributed by atoms with Crippen LogP contribution in [0.15, 0.2) is 48.8 Å². The van der Waals surface area contributed by atoms with Gasteiger partial charge in [0.05, 0.1) is 12.0 Å². The average molecular weight is 358 g/mol. The maximum absolute atomic E-state index is 12.8. The van der Waals surface area contributed by atoms with E-state index in [0.29, 0.717) is 18.1 Å². The number of hydrogen-bond donors (Lipinski definition) is 1. The lowest BCUT2D eigenvalue weighted by molar-refractivity contribution is -0.129. The van der Waals surface area contributed by atoms with Crippen LogP contribution in [-0.2, 0) is 16.1 Å². The molecule has 0 bridgehead atoms. The van der Waals surface area contributed by atoms with Crippen LogP contribution in [0, 0.1) is 5.92 Å². The van der Waals surface area contributed by atoms with Gasteiger partial charge in [0.25, 0.3) is 0 Å². The van der Waals surface area contributed by atoms with Crippen LogP contribution >= 0.6 is 11.6 Å². The number of rotatable bonds is 5. The molecule has 1 aromatic heterocycles. The van der Waals surface area contributed by atoms with Gasteiger partial charge in [0.15, 0.2) is 0 Å². The van der Waals surface area contributed by atoms with Crippen molar-refractivity contribution in [2.75, 3.05) is 6.54 Å². The predicted molar refractivity (Wildman–Crippen MR) is 95.8 cm³/mol. The minimum atomic E-state index is -0.455. The van der Waals surface area contributed by atoms with Crippen molar-refractivity contribution in [2.45, 2.75) is 25.9 Å². The summed E-state index contributed by atoms with van der Waals surface area (Å²) in [4.78, 5) is 30.9. The zero-order chi connectivity index (χ0) is 17.8. The van der Waals surface area contributed by atoms with Gasteiger partial charge < -0.3 is 10.2 Å². The maximum atomic E-state index is 12.8. The van der Waals surface area contributed by atoms with Crippen LogP contribution in [-0.4, -0.2) is 28.2 Å². The van der Waals surface area contributed by atoms with Gasteiger partial charge in [-0.05, 0) is 30.2 Å². The predicted octanol–water partition coefficient (Wildman–Crippen LogP) is 2.96. The third-order valence-corrected chi connectivity index (χ3v) is 4.87. The molecule has 6 heteroatoms. The van der Waals surface area contributed by atoms with Crippen molar-refractivity contribution in [1.29, 1.82) is 0 Å². The molecule has 0 spiro atoms. The Hall–Kier alpha value is -2.40.